The van der Waals surface area contributed by atoms with Crippen LogP contribution in [0.15, 0.2) is 24.4 Å². The Labute approximate surface area is 105 Å². The lowest BCUT2D eigenvalue weighted by Crippen LogP contribution is -2.13. The zero-order chi connectivity index (χ0) is 11.4. The first-order chi connectivity index (χ1) is 7.79. The molecular formula is C11H15ClN4O. The zero-order valence-electron chi connectivity index (χ0n) is 9.27. The molecule has 0 unspecified atom stereocenters. The van der Waals surface area contributed by atoms with Crippen molar-refractivity contribution in [1.29, 1.82) is 0 Å². The summed E-state index contributed by atoms with van der Waals surface area (Å²) < 4.78 is 0. The first-order valence-corrected chi connectivity index (χ1v) is 5.22. The number of rotatable bonds is 4. The molecule has 0 atom stereocenters. The zero-order valence-corrected chi connectivity index (χ0v) is 10.1. The SMILES string of the molecule is Cl.NCCCC(=O)Nc1ccc2[nH]ncc2c1. The van der Waals surface area contributed by atoms with Gasteiger partial charge in [0, 0.05) is 17.5 Å². The van der Waals surface area contributed by atoms with Crippen LogP contribution in [0.5, 0.6) is 0 Å². The Bertz CT molecular complexity index is 497. The number of nitrogens with zero attached hydrogens (tertiary/aromatic N) is 1. The maximum Gasteiger partial charge on any atom is 0.224 e. The minimum Gasteiger partial charge on any atom is -0.330 e. The summed E-state index contributed by atoms with van der Waals surface area (Å²) in [5.41, 5.74) is 7.08. The molecule has 1 amide bonds. The Balaban J connectivity index is 0.00000144. The summed E-state index contributed by atoms with van der Waals surface area (Å²) in [5, 5.41) is 10.6. The van der Waals surface area contributed by atoms with Crippen molar-refractivity contribution in [1.82, 2.24) is 10.2 Å². The molecule has 0 aliphatic carbocycles. The quantitative estimate of drug-likeness (QED) is 0.776. The number of carbonyl (C=O) groups excluding carboxylic acids is 1. The second-order valence-electron chi connectivity index (χ2n) is 3.61. The fourth-order valence-electron chi connectivity index (χ4n) is 1.51. The second-order valence-corrected chi connectivity index (χ2v) is 3.61. The number of carbonyl (C=O) groups is 1. The number of H-pyrrole nitrogens is 1. The number of aromatic nitrogens is 2. The molecule has 5 nitrogen and oxygen atoms in total. The van der Waals surface area contributed by atoms with Crippen molar-refractivity contribution in [2.24, 2.45) is 5.73 Å². The molecule has 92 valence electrons. The lowest BCUT2D eigenvalue weighted by atomic mass is 10.2. The molecule has 0 radical (unpaired) electrons. The van der Waals surface area contributed by atoms with Crippen molar-refractivity contribution in [3.63, 3.8) is 0 Å². The number of fused-ring (bicyclic) bond motifs is 1. The molecule has 2 rings (SSSR count). The predicted octanol–water partition coefficient (Wildman–Crippen LogP) is 1.66. The van der Waals surface area contributed by atoms with Crippen molar-refractivity contribution in [3.05, 3.63) is 24.4 Å². The summed E-state index contributed by atoms with van der Waals surface area (Å²) in [7, 11) is 0. The van der Waals surface area contributed by atoms with E-state index in [2.05, 4.69) is 15.5 Å². The van der Waals surface area contributed by atoms with Crippen LogP contribution in [-0.2, 0) is 4.79 Å². The molecule has 1 heterocycles. The van der Waals surface area contributed by atoms with Gasteiger partial charge < -0.3 is 11.1 Å². The normalized spacial score (nSPS) is 9.94. The summed E-state index contributed by atoms with van der Waals surface area (Å²) in [6.45, 7) is 0.536. The Morgan fingerprint density at radius 3 is 3.06 bits per heavy atom. The topological polar surface area (TPSA) is 83.8 Å². The van der Waals surface area contributed by atoms with Crippen LogP contribution in [0.3, 0.4) is 0 Å². The fraction of sp³-hybridized carbons (Fsp3) is 0.273. The van der Waals surface area contributed by atoms with E-state index in [1.54, 1.807) is 6.20 Å². The highest BCUT2D eigenvalue weighted by Gasteiger charge is 2.02. The first kappa shape index (κ1) is 13.5. The van der Waals surface area contributed by atoms with Crippen molar-refractivity contribution >= 4 is 34.9 Å². The van der Waals surface area contributed by atoms with Gasteiger partial charge in [0.1, 0.15) is 0 Å². The Kier molecular flexibility index (Phi) is 4.93. The van der Waals surface area contributed by atoms with Crippen LogP contribution in [-0.4, -0.2) is 22.6 Å². The number of nitrogens with two attached hydrogens (primary N) is 1. The number of halogens is 1. The van der Waals surface area contributed by atoms with E-state index in [1.165, 1.54) is 0 Å². The summed E-state index contributed by atoms with van der Waals surface area (Å²) in [5.74, 6) is -0.00621. The fourth-order valence-corrected chi connectivity index (χ4v) is 1.51. The summed E-state index contributed by atoms with van der Waals surface area (Å²) in [6, 6.07) is 5.63. The summed E-state index contributed by atoms with van der Waals surface area (Å²) in [4.78, 5) is 11.5. The molecule has 1 aromatic carbocycles. The lowest BCUT2D eigenvalue weighted by Gasteiger charge is -2.04. The number of hydrogen-bond donors (Lipinski definition) is 3. The van der Waals surface area contributed by atoms with Gasteiger partial charge in [-0.2, -0.15) is 5.10 Å². The van der Waals surface area contributed by atoms with E-state index < -0.39 is 0 Å². The lowest BCUT2D eigenvalue weighted by molar-refractivity contribution is -0.116. The summed E-state index contributed by atoms with van der Waals surface area (Å²) in [6.07, 6.45) is 2.89. The number of benzene rings is 1. The Morgan fingerprint density at radius 1 is 1.47 bits per heavy atom. The number of nitrogens with one attached hydrogen (secondary N) is 2. The maximum absolute atomic E-state index is 11.5. The minimum atomic E-state index is -0.00621. The first-order valence-electron chi connectivity index (χ1n) is 5.22. The van der Waals surface area contributed by atoms with Crippen LogP contribution >= 0.6 is 12.4 Å². The highest BCUT2D eigenvalue weighted by molar-refractivity contribution is 5.93. The molecular weight excluding hydrogens is 240 g/mol. The third kappa shape index (κ3) is 3.44. The minimum absolute atomic E-state index is 0. The van der Waals surface area contributed by atoms with E-state index in [1.807, 2.05) is 18.2 Å². The molecule has 4 N–H and O–H groups in total. The van der Waals surface area contributed by atoms with E-state index in [-0.39, 0.29) is 18.3 Å². The van der Waals surface area contributed by atoms with Crippen LogP contribution in [0, 0.1) is 0 Å². The van der Waals surface area contributed by atoms with Gasteiger partial charge in [-0.3, -0.25) is 9.89 Å². The maximum atomic E-state index is 11.5. The van der Waals surface area contributed by atoms with Crippen LogP contribution in [0.1, 0.15) is 12.8 Å². The van der Waals surface area contributed by atoms with Crippen molar-refractivity contribution in [2.75, 3.05) is 11.9 Å². The van der Waals surface area contributed by atoms with E-state index >= 15 is 0 Å². The van der Waals surface area contributed by atoms with Gasteiger partial charge in [0.2, 0.25) is 5.91 Å². The molecule has 0 aliphatic rings. The van der Waals surface area contributed by atoms with Gasteiger partial charge in [0.25, 0.3) is 0 Å². The van der Waals surface area contributed by atoms with Gasteiger partial charge in [-0.05, 0) is 31.2 Å². The molecule has 0 fully saturated rings. The van der Waals surface area contributed by atoms with Crippen molar-refractivity contribution in [2.45, 2.75) is 12.8 Å². The third-order valence-corrected chi connectivity index (χ3v) is 2.33. The molecule has 0 bridgehead atoms. The molecule has 0 spiro atoms. The van der Waals surface area contributed by atoms with Crippen LogP contribution in [0.2, 0.25) is 0 Å². The van der Waals surface area contributed by atoms with E-state index in [4.69, 9.17) is 5.73 Å². The monoisotopic (exact) mass is 254 g/mol. The average molecular weight is 255 g/mol. The summed E-state index contributed by atoms with van der Waals surface area (Å²) >= 11 is 0. The Hall–Kier alpha value is -1.59. The van der Waals surface area contributed by atoms with Gasteiger partial charge in [0.05, 0.1) is 11.7 Å². The molecule has 2 aromatic rings. The van der Waals surface area contributed by atoms with E-state index in [9.17, 15) is 4.79 Å². The van der Waals surface area contributed by atoms with Crippen molar-refractivity contribution in [3.8, 4) is 0 Å². The predicted molar refractivity (Wildman–Crippen MR) is 70.3 cm³/mol. The highest BCUT2D eigenvalue weighted by Crippen LogP contribution is 2.16. The van der Waals surface area contributed by atoms with Gasteiger partial charge in [-0.1, -0.05) is 0 Å². The standard InChI is InChI=1S/C11H14N4O.ClH/c12-5-1-2-11(16)14-9-3-4-10-8(6-9)7-13-15-10;/h3-4,6-7H,1-2,5,12H2,(H,13,15)(H,14,16);1H. The largest absolute Gasteiger partial charge is 0.330 e. The van der Waals surface area contributed by atoms with Gasteiger partial charge in [0.15, 0.2) is 0 Å². The number of amides is 1. The second kappa shape index (κ2) is 6.22. The number of aromatic amines is 1. The molecule has 1 aromatic heterocycles. The number of hydrogen-bond acceptors (Lipinski definition) is 3. The Morgan fingerprint density at radius 2 is 2.29 bits per heavy atom. The highest BCUT2D eigenvalue weighted by atomic mass is 35.5. The molecule has 0 aliphatic heterocycles. The van der Waals surface area contributed by atoms with Crippen LogP contribution < -0.4 is 11.1 Å². The van der Waals surface area contributed by atoms with Crippen LogP contribution in [0.4, 0.5) is 5.69 Å². The molecule has 0 saturated carbocycles. The molecule has 17 heavy (non-hydrogen) atoms. The molecule has 0 saturated heterocycles. The average Bonchev–Trinajstić information content (AvgIpc) is 2.73. The number of anilines is 1. The smallest absolute Gasteiger partial charge is 0.224 e. The van der Waals surface area contributed by atoms with Gasteiger partial charge >= 0.3 is 0 Å². The van der Waals surface area contributed by atoms with Crippen molar-refractivity contribution < 1.29 is 4.79 Å². The molecule has 6 heteroatoms. The van der Waals surface area contributed by atoms with Gasteiger partial charge in [-0.15, -0.1) is 12.4 Å². The van der Waals surface area contributed by atoms with Gasteiger partial charge in [-0.25, -0.2) is 0 Å². The third-order valence-electron chi connectivity index (χ3n) is 2.33. The van der Waals surface area contributed by atoms with Crippen LogP contribution in [0.25, 0.3) is 10.9 Å². The van der Waals surface area contributed by atoms with E-state index in [0.717, 1.165) is 16.6 Å². The van der Waals surface area contributed by atoms with E-state index in [0.29, 0.717) is 19.4 Å².